The van der Waals surface area contributed by atoms with Crippen molar-refractivity contribution in [2.45, 2.75) is 25.8 Å². The summed E-state index contributed by atoms with van der Waals surface area (Å²) >= 11 is 0. The second-order valence-corrected chi connectivity index (χ2v) is 3.31. The number of nitrogens with one attached hydrogen (secondary N) is 1. The lowest BCUT2D eigenvalue weighted by atomic mass is 10.1. The highest BCUT2D eigenvalue weighted by molar-refractivity contribution is 5.43. The third kappa shape index (κ3) is 3.56. The first kappa shape index (κ1) is 11.5. The Kier molecular flexibility index (Phi) is 4.58. The lowest BCUT2D eigenvalue weighted by molar-refractivity contribution is 0.278. The van der Waals surface area contributed by atoms with Crippen LogP contribution in [0.2, 0.25) is 0 Å². The lowest BCUT2D eigenvalue weighted by Crippen LogP contribution is -2.19. The zero-order chi connectivity index (χ0) is 11.1. The summed E-state index contributed by atoms with van der Waals surface area (Å²) in [5.74, 6) is 0. The first-order valence-electron chi connectivity index (χ1n) is 5.03. The molecule has 1 heterocycles. The molecule has 1 rings (SSSR count). The molecule has 0 aromatic carbocycles. The van der Waals surface area contributed by atoms with Crippen molar-refractivity contribution in [1.29, 1.82) is 5.26 Å². The monoisotopic (exact) mass is 205 g/mol. The number of nitriles is 1. The largest absolute Gasteiger partial charge is 0.396 e. The molecule has 80 valence electrons. The topological polar surface area (TPSA) is 68.9 Å². The van der Waals surface area contributed by atoms with E-state index in [2.05, 4.69) is 17.2 Å². The standard InChI is InChI=1S/C11H15N3O/c1-2-9(5-6-15)14-11-4-3-10(7-12)13-8-11/h3-4,8-9,14-15H,2,5-6H2,1H3. The summed E-state index contributed by atoms with van der Waals surface area (Å²) in [5.41, 5.74) is 1.30. The Bertz CT molecular complexity index is 329. The SMILES string of the molecule is CCC(CCO)Nc1ccc(C#N)nc1. The minimum absolute atomic E-state index is 0.176. The van der Waals surface area contributed by atoms with Crippen molar-refractivity contribution >= 4 is 5.69 Å². The van der Waals surface area contributed by atoms with Gasteiger partial charge in [-0.2, -0.15) is 5.26 Å². The summed E-state index contributed by atoms with van der Waals surface area (Å²) in [6.07, 6.45) is 3.30. The Morgan fingerprint density at radius 1 is 1.60 bits per heavy atom. The van der Waals surface area contributed by atoms with Crippen LogP contribution in [0.5, 0.6) is 0 Å². The molecule has 4 heteroatoms. The van der Waals surface area contributed by atoms with Gasteiger partial charge >= 0.3 is 0 Å². The quantitative estimate of drug-likeness (QED) is 0.764. The van der Waals surface area contributed by atoms with Gasteiger partial charge in [-0.3, -0.25) is 0 Å². The molecule has 1 atom stereocenters. The van der Waals surface area contributed by atoms with Crippen LogP contribution in [-0.2, 0) is 0 Å². The molecule has 0 spiro atoms. The normalized spacial score (nSPS) is 11.8. The van der Waals surface area contributed by atoms with Gasteiger partial charge in [0.1, 0.15) is 11.8 Å². The highest BCUT2D eigenvalue weighted by Crippen LogP contribution is 2.10. The third-order valence-corrected chi connectivity index (χ3v) is 2.22. The van der Waals surface area contributed by atoms with E-state index in [1.807, 2.05) is 12.1 Å². The predicted molar refractivity (Wildman–Crippen MR) is 58.4 cm³/mol. The minimum atomic E-state index is 0.176. The number of hydrogen-bond acceptors (Lipinski definition) is 4. The van der Waals surface area contributed by atoms with E-state index >= 15 is 0 Å². The van der Waals surface area contributed by atoms with E-state index in [0.717, 1.165) is 18.5 Å². The fraction of sp³-hybridized carbons (Fsp3) is 0.455. The van der Waals surface area contributed by atoms with Crippen molar-refractivity contribution in [1.82, 2.24) is 4.98 Å². The van der Waals surface area contributed by atoms with Crippen molar-refractivity contribution in [3.8, 4) is 6.07 Å². The fourth-order valence-electron chi connectivity index (χ4n) is 1.32. The molecule has 1 aromatic heterocycles. The highest BCUT2D eigenvalue weighted by atomic mass is 16.3. The number of pyridine rings is 1. The lowest BCUT2D eigenvalue weighted by Gasteiger charge is -2.16. The molecule has 15 heavy (non-hydrogen) atoms. The van der Waals surface area contributed by atoms with E-state index < -0.39 is 0 Å². The Hall–Kier alpha value is -1.60. The molecule has 0 saturated carbocycles. The number of rotatable bonds is 5. The van der Waals surface area contributed by atoms with Gasteiger partial charge in [-0.1, -0.05) is 6.92 Å². The maximum absolute atomic E-state index is 8.83. The Balaban J connectivity index is 2.59. The molecule has 0 fully saturated rings. The predicted octanol–water partition coefficient (Wildman–Crippen LogP) is 1.53. The Labute approximate surface area is 89.6 Å². The van der Waals surface area contributed by atoms with Crippen LogP contribution in [0.3, 0.4) is 0 Å². The summed E-state index contributed by atoms with van der Waals surface area (Å²) in [5, 5.41) is 20.7. The molecular weight excluding hydrogens is 190 g/mol. The van der Waals surface area contributed by atoms with Gasteiger partial charge in [0.15, 0.2) is 0 Å². The maximum Gasteiger partial charge on any atom is 0.140 e. The summed E-state index contributed by atoms with van der Waals surface area (Å²) in [7, 11) is 0. The van der Waals surface area contributed by atoms with Crippen LogP contribution in [0.1, 0.15) is 25.5 Å². The molecule has 1 aromatic rings. The highest BCUT2D eigenvalue weighted by Gasteiger charge is 2.04. The van der Waals surface area contributed by atoms with E-state index in [1.54, 1.807) is 12.3 Å². The Morgan fingerprint density at radius 2 is 2.40 bits per heavy atom. The average molecular weight is 205 g/mol. The van der Waals surface area contributed by atoms with Crippen LogP contribution >= 0.6 is 0 Å². The molecule has 4 nitrogen and oxygen atoms in total. The summed E-state index contributed by atoms with van der Waals surface area (Å²) < 4.78 is 0. The van der Waals surface area contributed by atoms with Gasteiger partial charge < -0.3 is 10.4 Å². The second-order valence-electron chi connectivity index (χ2n) is 3.31. The van der Waals surface area contributed by atoms with E-state index in [-0.39, 0.29) is 12.6 Å². The van der Waals surface area contributed by atoms with Crippen molar-refractivity contribution in [2.24, 2.45) is 0 Å². The number of anilines is 1. The van der Waals surface area contributed by atoms with Crippen molar-refractivity contribution < 1.29 is 5.11 Å². The summed E-state index contributed by atoms with van der Waals surface area (Å²) in [6.45, 7) is 2.24. The third-order valence-electron chi connectivity index (χ3n) is 2.22. The molecule has 0 amide bonds. The molecule has 0 aliphatic carbocycles. The van der Waals surface area contributed by atoms with Gasteiger partial charge in [-0.25, -0.2) is 4.98 Å². The van der Waals surface area contributed by atoms with E-state index in [4.69, 9.17) is 10.4 Å². The molecule has 0 bridgehead atoms. The zero-order valence-corrected chi connectivity index (χ0v) is 8.77. The van der Waals surface area contributed by atoms with E-state index in [0.29, 0.717) is 5.69 Å². The van der Waals surface area contributed by atoms with Crippen LogP contribution in [0.4, 0.5) is 5.69 Å². The zero-order valence-electron chi connectivity index (χ0n) is 8.77. The molecule has 1 unspecified atom stereocenters. The molecule has 0 saturated heterocycles. The smallest absolute Gasteiger partial charge is 0.140 e. The summed E-state index contributed by atoms with van der Waals surface area (Å²) in [6, 6.07) is 5.72. The second kappa shape index (κ2) is 5.99. The first-order chi connectivity index (χ1) is 7.30. The van der Waals surface area contributed by atoms with Crippen molar-refractivity contribution in [3.05, 3.63) is 24.0 Å². The van der Waals surface area contributed by atoms with Crippen LogP contribution in [0.15, 0.2) is 18.3 Å². The van der Waals surface area contributed by atoms with Gasteiger partial charge in [0.2, 0.25) is 0 Å². The molecule has 0 radical (unpaired) electrons. The maximum atomic E-state index is 8.83. The number of aromatic nitrogens is 1. The molecule has 0 aliphatic heterocycles. The summed E-state index contributed by atoms with van der Waals surface area (Å²) in [4.78, 5) is 3.96. The molecule has 2 N–H and O–H groups in total. The molecule has 0 aliphatic rings. The van der Waals surface area contributed by atoms with Crippen LogP contribution in [-0.4, -0.2) is 22.7 Å². The molecular formula is C11H15N3O. The average Bonchev–Trinajstić information content (AvgIpc) is 2.29. The van der Waals surface area contributed by atoms with Crippen LogP contribution < -0.4 is 5.32 Å². The van der Waals surface area contributed by atoms with Gasteiger partial charge in [0.25, 0.3) is 0 Å². The van der Waals surface area contributed by atoms with Crippen LogP contribution in [0.25, 0.3) is 0 Å². The van der Waals surface area contributed by atoms with E-state index in [1.165, 1.54) is 0 Å². The number of nitrogens with zero attached hydrogens (tertiary/aromatic N) is 2. The minimum Gasteiger partial charge on any atom is -0.396 e. The number of aliphatic hydroxyl groups excluding tert-OH is 1. The van der Waals surface area contributed by atoms with Gasteiger partial charge in [0, 0.05) is 12.6 Å². The fourth-order valence-corrected chi connectivity index (χ4v) is 1.32. The van der Waals surface area contributed by atoms with Crippen molar-refractivity contribution in [2.75, 3.05) is 11.9 Å². The van der Waals surface area contributed by atoms with E-state index in [9.17, 15) is 0 Å². The first-order valence-corrected chi connectivity index (χ1v) is 5.03. The number of hydrogen-bond donors (Lipinski definition) is 2. The Morgan fingerprint density at radius 3 is 2.87 bits per heavy atom. The van der Waals surface area contributed by atoms with Gasteiger partial charge in [-0.15, -0.1) is 0 Å². The van der Waals surface area contributed by atoms with Gasteiger partial charge in [-0.05, 0) is 25.0 Å². The van der Waals surface area contributed by atoms with Crippen LogP contribution in [0, 0.1) is 11.3 Å². The van der Waals surface area contributed by atoms with Crippen molar-refractivity contribution in [3.63, 3.8) is 0 Å². The number of aliphatic hydroxyl groups is 1. The van der Waals surface area contributed by atoms with Gasteiger partial charge in [0.05, 0.1) is 11.9 Å².